The average Bonchev–Trinajstić information content (AvgIpc) is 3.13. The van der Waals surface area contributed by atoms with Crippen molar-refractivity contribution in [3.05, 3.63) is 103 Å². The number of para-hydroxylation sites is 1. The number of fused-ring (bicyclic) bond motifs is 2. The van der Waals surface area contributed by atoms with E-state index in [-0.39, 0.29) is 0 Å². The van der Waals surface area contributed by atoms with Crippen molar-refractivity contribution in [3.8, 4) is 22.9 Å². The van der Waals surface area contributed by atoms with Crippen LogP contribution in [0.2, 0.25) is 0 Å². The Balaban J connectivity index is 1.89. The van der Waals surface area contributed by atoms with Crippen LogP contribution in [-0.2, 0) is 0 Å². The van der Waals surface area contributed by atoms with Gasteiger partial charge in [-0.25, -0.2) is 0 Å². The molecule has 0 atom stereocenters. The summed E-state index contributed by atoms with van der Waals surface area (Å²) in [5, 5.41) is 12.9. The van der Waals surface area contributed by atoms with Crippen molar-refractivity contribution in [2.24, 2.45) is 0 Å². The highest BCUT2D eigenvalue weighted by atomic mass is 15.0. The molecule has 5 aromatic rings. The molecule has 0 fully saturated rings. The van der Waals surface area contributed by atoms with Crippen molar-refractivity contribution in [1.29, 1.82) is 5.26 Å². The molecule has 1 heterocycles. The van der Waals surface area contributed by atoms with Gasteiger partial charge in [-0.15, -0.1) is 0 Å². The highest BCUT2D eigenvalue weighted by molar-refractivity contribution is 6.01. The molecule has 0 radical (unpaired) electrons. The number of hydrogen-bond acceptors (Lipinski definition) is 1. The molecule has 2 heteroatoms. The zero-order chi connectivity index (χ0) is 18.2. The van der Waals surface area contributed by atoms with Crippen molar-refractivity contribution >= 4 is 21.7 Å². The molecule has 4 aromatic carbocycles. The highest BCUT2D eigenvalue weighted by Gasteiger charge is 2.14. The fraction of sp³-hybridized carbons (Fsp3) is 0. The molecule has 27 heavy (non-hydrogen) atoms. The SMILES string of the molecule is N#Cc1cccc2cccc(-n3cc(-c4ccccc4)c4ccccc43)c12. The second kappa shape index (κ2) is 6.16. The Bertz CT molecular complexity index is 1320. The molecular formula is C25H16N2. The smallest absolute Gasteiger partial charge is 0.0998 e. The minimum atomic E-state index is 0.696. The summed E-state index contributed by atoms with van der Waals surface area (Å²) < 4.78 is 2.21. The summed E-state index contributed by atoms with van der Waals surface area (Å²) in [4.78, 5) is 0. The van der Waals surface area contributed by atoms with Crippen LogP contribution >= 0.6 is 0 Å². The molecule has 1 aromatic heterocycles. The third kappa shape index (κ3) is 2.41. The lowest BCUT2D eigenvalue weighted by Gasteiger charge is -2.11. The first-order valence-electron chi connectivity index (χ1n) is 8.94. The van der Waals surface area contributed by atoms with Crippen LogP contribution in [0.1, 0.15) is 5.56 Å². The maximum atomic E-state index is 9.64. The topological polar surface area (TPSA) is 28.7 Å². The third-order valence-electron chi connectivity index (χ3n) is 5.06. The Hall–Kier alpha value is -3.83. The van der Waals surface area contributed by atoms with Gasteiger partial charge in [-0.1, -0.05) is 72.8 Å². The van der Waals surface area contributed by atoms with E-state index in [9.17, 15) is 5.26 Å². The summed E-state index contributed by atoms with van der Waals surface area (Å²) in [6.07, 6.45) is 2.18. The molecule has 0 saturated carbocycles. The van der Waals surface area contributed by atoms with Gasteiger partial charge in [0.1, 0.15) is 0 Å². The zero-order valence-corrected chi connectivity index (χ0v) is 14.6. The number of rotatable bonds is 2. The van der Waals surface area contributed by atoms with E-state index in [2.05, 4.69) is 89.6 Å². The quantitative estimate of drug-likeness (QED) is 0.368. The lowest BCUT2D eigenvalue weighted by atomic mass is 10.0. The minimum absolute atomic E-state index is 0.696. The maximum absolute atomic E-state index is 9.64. The molecular weight excluding hydrogens is 328 g/mol. The lowest BCUT2D eigenvalue weighted by Crippen LogP contribution is -1.95. The summed E-state index contributed by atoms with van der Waals surface area (Å²) in [5.41, 5.74) is 5.24. The third-order valence-corrected chi connectivity index (χ3v) is 5.06. The summed E-state index contributed by atoms with van der Waals surface area (Å²) in [5.74, 6) is 0. The van der Waals surface area contributed by atoms with Crippen molar-refractivity contribution in [3.63, 3.8) is 0 Å². The lowest BCUT2D eigenvalue weighted by molar-refractivity contribution is 1.14. The van der Waals surface area contributed by atoms with E-state index in [0.717, 1.165) is 22.0 Å². The molecule has 0 unspecified atom stereocenters. The van der Waals surface area contributed by atoms with Gasteiger partial charge in [-0.05, 0) is 29.1 Å². The minimum Gasteiger partial charge on any atom is -0.315 e. The first kappa shape index (κ1) is 15.4. The summed E-state index contributed by atoms with van der Waals surface area (Å²) >= 11 is 0. The highest BCUT2D eigenvalue weighted by Crippen LogP contribution is 2.35. The van der Waals surface area contributed by atoms with Gasteiger partial charge in [0.2, 0.25) is 0 Å². The Morgan fingerprint density at radius 3 is 2.26 bits per heavy atom. The van der Waals surface area contributed by atoms with E-state index in [1.807, 2.05) is 18.2 Å². The molecule has 0 N–H and O–H groups in total. The van der Waals surface area contributed by atoms with Crippen LogP contribution in [0.5, 0.6) is 0 Å². The maximum Gasteiger partial charge on any atom is 0.0998 e. The number of nitrogens with zero attached hydrogens (tertiary/aromatic N) is 2. The average molecular weight is 344 g/mol. The Morgan fingerprint density at radius 1 is 0.704 bits per heavy atom. The van der Waals surface area contributed by atoms with Crippen LogP contribution in [0, 0.1) is 11.3 Å². The molecule has 0 aliphatic heterocycles. The first-order chi connectivity index (χ1) is 13.4. The molecule has 5 rings (SSSR count). The van der Waals surface area contributed by atoms with E-state index in [0.29, 0.717) is 5.56 Å². The monoisotopic (exact) mass is 344 g/mol. The van der Waals surface area contributed by atoms with Gasteiger partial charge in [0, 0.05) is 22.5 Å². The summed E-state index contributed by atoms with van der Waals surface area (Å²) in [6, 6.07) is 33.3. The van der Waals surface area contributed by atoms with Crippen LogP contribution in [0.4, 0.5) is 0 Å². The van der Waals surface area contributed by atoms with Crippen molar-refractivity contribution in [2.75, 3.05) is 0 Å². The molecule has 2 nitrogen and oxygen atoms in total. The van der Waals surface area contributed by atoms with Crippen LogP contribution in [0.25, 0.3) is 38.5 Å². The van der Waals surface area contributed by atoms with Gasteiger partial charge < -0.3 is 4.57 Å². The molecule has 0 bridgehead atoms. The Morgan fingerprint density at radius 2 is 1.44 bits per heavy atom. The van der Waals surface area contributed by atoms with E-state index in [1.165, 1.54) is 16.5 Å². The number of benzene rings is 4. The second-order valence-electron chi connectivity index (χ2n) is 6.59. The first-order valence-corrected chi connectivity index (χ1v) is 8.94. The van der Waals surface area contributed by atoms with Gasteiger partial charge in [0.05, 0.1) is 22.8 Å². The van der Waals surface area contributed by atoms with Crippen LogP contribution in [0.3, 0.4) is 0 Å². The Kier molecular flexibility index (Phi) is 3.52. The van der Waals surface area contributed by atoms with E-state index < -0.39 is 0 Å². The van der Waals surface area contributed by atoms with Gasteiger partial charge in [0.25, 0.3) is 0 Å². The number of hydrogen-bond donors (Lipinski definition) is 0. The van der Waals surface area contributed by atoms with Crippen LogP contribution in [0.15, 0.2) is 97.2 Å². The van der Waals surface area contributed by atoms with Gasteiger partial charge >= 0.3 is 0 Å². The predicted molar refractivity (Wildman–Crippen MR) is 111 cm³/mol. The Labute approximate surface area is 157 Å². The molecule has 126 valence electrons. The van der Waals surface area contributed by atoms with Gasteiger partial charge in [-0.3, -0.25) is 0 Å². The van der Waals surface area contributed by atoms with Crippen molar-refractivity contribution in [2.45, 2.75) is 0 Å². The van der Waals surface area contributed by atoms with Gasteiger partial charge in [-0.2, -0.15) is 5.26 Å². The predicted octanol–water partition coefficient (Wildman–Crippen LogP) is 6.32. The summed E-state index contributed by atoms with van der Waals surface area (Å²) in [7, 11) is 0. The normalized spacial score (nSPS) is 10.9. The van der Waals surface area contributed by atoms with Crippen molar-refractivity contribution < 1.29 is 0 Å². The van der Waals surface area contributed by atoms with Crippen LogP contribution < -0.4 is 0 Å². The van der Waals surface area contributed by atoms with E-state index in [4.69, 9.17) is 0 Å². The molecule has 0 saturated heterocycles. The largest absolute Gasteiger partial charge is 0.315 e. The molecule has 0 aliphatic carbocycles. The second-order valence-corrected chi connectivity index (χ2v) is 6.59. The van der Waals surface area contributed by atoms with Gasteiger partial charge in [0.15, 0.2) is 0 Å². The van der Waals surface area contributed by atoms with E-state index >= 15 is 0 Å². The zero-order valence-electron chi connectivity index (χ0n) is 14.6. The molecule has 0 aliphatic rings. The van der Waals surface area contributed by atoms with Crippen LogP contribution in [-0.4, -0.2) is 4.57 Å². The summed E-state index contributed by atoms with van der Waals surface area (Å²) in [6.45, 7) is 0. The number of nitriles is 1. The van der Waals surface area contributed by atoms with Crippen molar-refractivity contribution in [1.82, 2.24) is 4.57 Å². The standard InChI is InChI=1S/C25H16N2/c26-16-20-12-6-10-19-11-7-15-24(25(19)20)27-17-22(18-8-2-1-3-9-18)21-13-4-5-14-23(21)27/h1-15,17H. The molecule has 0 amide bonds. The fourth-order valence-corrected chi connectivity index (χ4v) is 3.84. The number of aromatic nitrogens is 1. The van der Waals surface area contributed by atoms with E-state index in [1.54, 1.807) is 0 Å². The molecule has 0 spiro atoms. The fourth-order valence-electron chi connectivity index (χ4n) is 3.84.